The molecule has 3 atom stereocenters. The summed E-state index contributed by atoms with van der Waals surface area (Å²) in [6.07, 6.45) is 6.18. The second-order valence-electron chi connectivity index (χ2n) is 6.72. The van der Waals surface area contributed by atoms with Crippen LogP contribution >= 0.6 is 0 Å². The number of ether oxygens (including phenoxy) is 1. The molecule has 0 spiro atoms. The van der Waals surface area contributed by atoms with E-state index in [1.54, 1.807) is 7.11 Å². The predicted molar refractivity (Wildman–Crippen MR) is 79.3 cm³/mol. The van der Waals surface area contributed by atoms with Crippen molar-refractivity contribution in [3.63, 3.8) is 0 Å². The minimum atomic E-state index is -0.247. The Morgan fingerprint density at radius 1 is 1.33 bits per heavy atom. The van der Waals surface area contributed by atoms with E-state index >= 15 is 0 Å². The summed E-state index contributed by atoms with van der Waals surface area (Å²) in [5.74, 6) is 0.679. The van der Waals surface area contributed by atoms with Crippen molar-refractivity contribution < 1.29 is 14.3 Å². The van der Waals surface area contributed by atoms with E-state index in [9.17, 15) is 9.60 Å². The number of methoxy groups -OCH3 is 1. The van der Waals surface area contributed by atoms with E-state index in [2.05, 4.69) is 12.4 Å². The zero-order valence-corrected chi connectivity index (χ0v) is 12.8. The summed E-state index contributed by atoms with van der Waals surface area (Å²) in [7, 11) is 1.56. The lowest BCUT2D eigenvalue weighted by molar-refractivity contribution is 0.0345. The van der Waals surface area contributed by atoms with E-state index in [0.717, 1.165) is 36.8 Å². The quantitative estimate of drug-likeness (QED) is 0.819. The lowest BCUT2D eigenvalue weighted by Crippen LogP contribution is -2.54. The fourth-order valence-corrected chi connectivity index (χ4v) is 4.40. The van der Waals surface area contributed by atoms with Gasteiger partial charge in [0.2, 0.25) is 0 Å². The van der Waals surface area contributed by atoms with Gasteiger partial charge in [0.15, 0.2) is 0 Å². The average molecular weight is 293 g/mol. The molecule has 1 aromatic rings. The first-order chi connectivity index (χ1) is 10.1. The van der Waals surface area contributed by atoms with Crippen molar-refractivity contribution in [2.45, 2.75) is 56.9 Å². The maximum absolute atomic E-state index is 14.5. The molecule has 1 aromatic carbocycles. The van der Waals surface area contributed by atoms with Crippen LogP contribution in [0.1, 0.15) is 50.2 Å². The molecule has 2 N–H and O–H groups in total. The van der Waals surface area contributed by atoms with Gasteiger partial charge < -0.3 is 9.94 Å². The highest BCUT2D eigenvalue weighted by Gasteiger charge is 2.46. The molecule has 0 radical (unpaired) electrons. The molecular formula is C17H24FNO2. The standard InChI is InChI=1S/C17H24FNO2/c1-17-7-5-3-4-6-11(16(17)19-20)8-13-14(17)9-12(21-2)10-15(13)18/h9-11,16,19-20H,3-8H2,1-2H3/t11-,16?,17+/m0/s1. The number of benzene rings is 1. The Morgan fingerprint density at radius 3 is 2.86 bits per heavy atom. The van der Waals surface area contributed by atoms with Gasteiger partial charge in [0, 0.05) is 17.5 Å². The molecule has 1 fully saturated rings. The first-order valence-electron chi connectivity index (χ1n) is 7.86. The van der Waals surface area contributed by atoms with Crippen molar-refractivity contribution in [1.29, 1.82) is 0 Å². The molecule has 0 saturated heterocycles. The molecule has 1 unspecified atom stereocenters. The highest BCUT2D eigenvalue weighted by molar-refractivity contribution is 5.45. The number of nitrogens with one attached hydrogen (secondary N) is 1. The largest absolute Gasteiger partial charge is 0.497 e. The lowest BCUT2D eigenvalue weighted by Gasteiger charge is -2.48. The van der Waals surface area contributed by atoms with Gasteiger partial charge in [0.05, 0.1) is 7.11 Å². The van der Waals surface area contributed by atoms with Crippen LogP contribution in [0, 0.1) is 11.7 Å². The van der Waals surface area contributed by atoms with Gasteiger partial charge in [-0.25, -0.2) is 9.87 Å². The number of rotatable bonds is 2. The van der Waals surface area contributed by atoms with Crippen LogP contribution in [0.3, 0.4) is 0 Å². The van der Waals surface area contributed by atoms with Crippen LogP contribution in [0.4, 0.5) is 4.39 Å². The number of halogens is 1. The van der Waals surface area contributed by atoms with Crippen LogP contribution in [0.2, 0.25) is 0 Å². The van der Waals surface area contributed by atoms with Gasteiger partial charge >= 0.3 is 0 Å². The van der Waals surface area contributed by atoms with E-state index < -0.39 is 0 Å². The van der Waals surface area contributed by atoms with Gasteiger partial charge in [0.1, 0.15) is 11.6 Å². The summed E-state index contributed by atoms with van der Waals surface area (Å²) in [5.41, 5.74) is 4.12. The van der Waals surface area contributed by atoms with Crippen molar-refractivity contribution in [3.8, 4) is 5.75 Å². The summed E-state index contributed by atoms with van der Waals surface area (Å²) < 4.78 is 19.7. The van der Waals surface area contributed by atoms with Crippen LogP contribution in [-0.4, -0.2) is 18.4 Å². The highest BCUT2D eigenvalue weighted by atomic mass is 19.1. The summed E-state index contributed by atoms with van der Waals surface area (Å²) in [4.78, 5) is 0. The third-order valence-corrected chi connectivity index (χ3v) is 5.55. The third-order valence-electron chi connectivity index (χ3n) is 5.55. The Hall–Kier alpha value is -1.13. The molecule has 0 aromatic heterocycles. The number of hydrogen-bond donors (Lipinski definition) is 2. The second-order valence-corrected chi connectivity index (χ2v) is 6.72. The maximum Gasteiger partial charge on any atom is 0.130 e. The zero-order valence-electron chi connectivity index (χ0n) is 12.8. The smallest absolute Gasteiger partial charge is 0.130 e. The zero-order chi connectivity index (χ0) is 15.0. The Kier molecular flexibility index (Phi) is 3.93. The van der Waals surface area contributed by atoms with Crippen molar-refractivity contribution in [1.82, 2.24) is 5.48 Å². The normalized spacial score (nSPS) is 32.0. The maximum atomic E-state index is 14.5. The molecular weight excluding hydrogens is 269 g/mol. The highest BCUT2D eigenvalue weighted by Crippen LogP contribution is 2.47. The lowest BCUT2D eigenvalue weighted by atomic mass is 9.60. The molecule has 21 heavy (non-hydrogen) atoms. The van der Waals surface area contributed by atoms with Crippen molar-refractivity contribution in [2.75, 3.05) is 7.11 Å². The molecule has 2 bridgehead atoms. The average Bonchev–Trinajstić information content (AvgIpc) is 2.46. The second kappa shape index (κ2) is 5.58. The van der Waals surface area contributed by atoms with Gasteiger partial charge in [-0.3, -0.25) is 0 Å². The van der Waals surface area contributed by atoms with E-state index in [1.807, 2.05) is 6.07 Å². The van der Waals surface area contributed by atoms with Gasteiger partial charge in [-0.2, -0.15) is 0 Å². The molecule has 2 aliphatic carbocycles. The number of hydroxylamine groups is 1. The molecule has 1 saturated carbocycles. The van der Waals surface area contributed by atoms with E-state index in [4.69, 9.17) is 4.74 Å². The number of hydrogen-bond acceptors (Lipinski definition) is 3. The summed E-state index contributed by atoms with van der Waals surface area (Å²) in [5, 5.41) is 9.73. The van der Waals surface area contributed by atoms with Gasteiger partial charge in [-0.15, -0.1) is 0 Å². The number of fused-ring (bicyclic) bond motifs is 4. The summed E-state index contributed by atoms with van der Waals surface area (Å²) >= 11 is 0. The summed E-state index contributed by atoms with van der Waals surface area (Å²) in [6.45, 7) is 2.15. The summed E-state index contributed by atoms with van der Waals surface area (Å²) in [6, 6.07) is 3.42. The Balaban J connectivity index is 2.16. The fraction of sp³-hybridized carbons (Fsp3) is 0.647. The van der Waals surface area contributed by atoms with Crippen LogP contribution < -0.4 is 10.2 Å². The molecule has 2 aliphatic rings. The van der Waals surface area contributed by atoms with Gasteiger partial charge in [-0.05, 0) is 42.4 Å². The van der Waals surface area contributed by atoms with Crippen LogP contribution in [0.5, 0.6) is 5.75 Å². The van der Waals surface area contributed by atoms with Crippen molar-refractivity contribution in [2.24, 2.45) is 5.92 Å². The topological polar surface area (TPSA) is 41.5 Å². The third kappa shape index (κ3) is 2.34. The van der Waals surface area contributed by atoms with Crippen LogP contribution in [-0.2, 0) is 11.8 Å². The monoisotopic (exact) mass is 293 g/mol. The Morgan fingerprint density at radius 2 is 2.14 bits per heavy atom. The first-order valence-corrected chi connectivity index (χ1v) is 7.86. The van der Waals surface area contributed by atoms with Gasteiger partial charge in [-0.1, -0.05) is 26.2 Å². The SMILES string of the molecule is COc1cc(F)c2c(c1)[C@@]1(C)CCCCC[C@@H](C2)C1NO. The van der Waals surface area contributed by atoms with Crippen LogP contribution in [0.25, 0.3) is 0 Å². The minimum absolute atomic E-state index is 0.0168. The van der Waals surface area contributed by atoms with Crippen molar-refractivity contribution >= 4 is 0 Å². The van der Waals surface area contributed by atoms with E-state index in [0.29, 0.717) is 12.2 Å². The molecule has 116 valence electrons. The predicted octanol–water partition coefficient (Wildman–Crippen LogP) is 3.58. The van der Waals surface area contributed by atoms with Crippen molar-refractivity contribution in [3.05, 3.63) is 29.1 Å². The first kappa shape index (κ1) is 14.8. The molecule has 3 nitrogen and oxygen atoms in total. The fourth-order valence-electron chi connectivity index (χ4n) is 4.40. The molecule has 3 rings (SSSR count). The Labute approximate surface area is 125 Å². The van der Waals surface area contributed by atoms with Crippen LogP contribution in [0.15, 0.2) is 12.1 Å². The molecule has 0 aliphatic heterocycles. The minimum Gasteiger partial charge on any atom is -0.497 e. The van der Waals surface area contributed by atoms with E-state index in [-0.39, 0.29) is 23.2 Å². The molecule has 0 amide bonds. The Bertz CT molecular complexity index is 534. The molecule has 4 heteroatoms. The molecule has 0 heterocycles. The van der Waals surface area contributed by atoms with E-state index in [1.165, 1.54) is 12.5 Å². The van der Waals surface area contributed by atoms with Gasteiger partial charge in [0.25, 0.3) is 0 Å².